The molecule has 0 atom stereocenters. The molecular weight excluding hydrogens is 294 g/mol. The first-order valence-electron chi connectivity index (χ1n) is 6.34. The van der Waals surface area contributed by atoms with Crippen LogP contribution in [0.2, 0.25) is 0 Å². The van der Waals surface area contributed by atoms with E-state index in [-0.39, 0.29) is 23.8 Å². The zero-order valence-corrected chi connectivity index (χ0v) is 13.3. The number of rotatable bonds is 9. The molecule has 0 aromatic heterocycles. The van der Waals surface area contributed by atoms with E-state index in [1.165, 1.54) is 26.4 Å². The lowest BCUT2D eigenvalue weighted by Crippen LogP contribution is -2.28. The molecule has 0 fully saturated rings. The Labute approximate surface area is 125 Å². The van der Waals surface area contributed by atoms with Gasteiger partial charge in [0.25, 0.3) is 0 Å². The van der Waals surface area contributed by atoms with E-state index in [1.54, 1.807) is 6.07 Å². The standard InChI is InChI=1S/C14H21NO5S/c1-11(2)10-20-8-7-15-21(16,17)14-6-5-12(18-3)9-13(14)19-4/h5-6,9,15H,1,7-8,10H2,2-4H3. The molecule has 1 N–H and O–H groups in total. The lowest BCUT2D eigenvalue weighted by Gasteiger charge is -2.12. The zero-order chi connectivity index (χ0) is 15.9. The van der Waals surface area contributed by atoms with Crippen LogP contribution in [-0.2, 0) is 14.8 Å². The average Bonchev–Trinajstić information content (AvgIpc) is 2.45. The van der Waals surface area contributed by atoms with E-state index in [0.717, 1.165) is 5.57 Å². The first-order valence-corrected chi connectivity index (χ1v) is 7.83. The van der Waals surface area contributed by atoms with Gasteiger partial charge in [-0.1, -0.05) is 12.2 Å². The Morgan fingerprint density at radius 3 is 2.57 bits per heavy atom. The van der Waals surface area contributed by atoms with Gasteiger partial charge in [-0.25, -0.2) is 13.1 Å². The van der Waals surface area contributed by atoms with Crippen molar-refractivity contribution in [2.45, 2.75) is 11.8 Å². The minimum absolute atomic E-state index is 0.0608. The maximum absolute atomic E-state index is 12.2. The minimum Gasteiger partial charge on any atom is -0.497 e. The Hall–Kier alpha value is -1.57. The second-order valence-electron chi connectivity index (χ2n) is 4.42. The van der Waals surface area contributed by atoms with Crippen LogP contribution >= 0.6 is 0 Å². The third kappa shape index (κ3) is 5.37. The van der Waals surface area contributed by atoms with Gasteiger partial charge in [0.05, 0.1) is 27.4 Å². The molecule has 1 aromatic rings. The summed E-state index contributed by atoms with van der Waals surface area (Å²) in [7, 11) is -0.755. The molecule has 118 valence electrons. The molecule has 0 saturated carbocycles. The fourth-order valence-electron chi connectivity index (χ4n) is 1.57. The van der Waals surface area contributed by atoms with Crippen molar-refractivity contribution < 1.29 is 22.6 Å². The Kier molecular flexibility index (Phi) is 6.67. The molecule has 1 rings (SSSR count). The van der Waals surface area contributed by atoms with Gasteiger partial charge in [0.2, 0.25) is 10.0 Å². The highest BCUT2D eigenvalue weighted by Gasteiger charge is 2.19. The highest BCUT2D eigenvalue weighted by atomic mass is 32.2. The third-order valence-electron chi connectivity index (χ3n) is 2.55. The van der Waals surface area contributed by atoms with Crippen LogP contribution in [0.15, 0.2) is 35.2 Å². The molecule has 0 radical (unpaired) electrons. The summed E-state index contributed by atoms with van der Waals surface area (Å²) in [6.07, 6.45) is 0. The Morgan fingerprint density at radius 2 is 2.00 bits per heavy atom. The Morgan fingerprint density at radius 1 is 1.29 bits per heavy atom. The first-order chi connectivity index (χ1) is 9.90. The van der Waals surface area contributed by atoms with Gasteiger partial charge in [0, 0.05) is 12.6 Å². The molecule has 0 aliphatic carbocycles. The summed E-state index contributed by atoms with van der Waals surface area (Å²) in [6.45, 7) is 6.39. The predicted octanol–water partition coefficient (Wildman–Crippen LogP) is 1.57. The third-order valence-corrected chi connectivity index (χ3v) is 4.05. The lowest BCUT2D eigenvalue weighted by atomic mass is 10.3. The highest BCUT2D eigenvalue weighted by Crippen LogP contribution is 2.28. The fourth-order valence-corrected chi connectivity index (χ4v) is 2.73. The van der Waals surface area contributed by atoms with Crippen LogP contribution in [0.3, 0.4) is 0 Å². The summed E-state index contributed by atoms with van der Waals surface area (Å²) in [5.41, 5.74) is 0.884. The summed E-state index contributed by atoms with van der Waals surface area (Å²) in [5, 5.41) is 0. The van der Waals surface area contributed by atoms with Crippen molar-refractivity contribution in [3.05, 3.63) is 30.4 Å². The SMILES string of the molecule is C=C(C)COCCNS(=O)(=O)c1ccc(OC)cc1OC. The highest BCUT2D eigenvalue weighted by molar-refractivity contribution is 7.89. The number of methoxy groups -OCH3 is 2. The summed E-state index contributed by atoms with van der Waals surface area (Å²) in [6, 6.07) is 4.52. The van der Waals surface area contributed by atoms with E-state index < -0.39 is 10.0 Å². The quantitative estimate of drug-likeness (QED) is 0.553. The molecule has 0 bridgehead atoms. The van der Waals surface area contributed by atoms with Crippen LogP contribution in [-0.4, -0.2) is 42.4 Å². The monoisotopic (exact) mass is 315 g/mol. The van der Waals surface area contributed by atoms with Gasteiger partial charge >= 0.3 is 0 Å². The minimum atomic E-state index is -3.66. The van der Waals surface area contributed by atoms with Crippen molar-refractivity contribution in [2.24, 2.45) is 0 Å². The smallest absolute Gasteiger partial charge is 0.244 e. The molecule has 21 heavy (non-hydrogen) atoms. The predicted molar refractivity (Wildman–Crippen MR) is 80.4 cm³/mol. The Balaban J connectivity index is 2.72. The summed E-state index contributed by atoms with van der Waals surface area (Å²) in [4.78, 5) is 0.0608. The molecule has 0 heterocycles. The summed E-state index contributed by atoms with van der Waals surface area (Å²) < 4.78 is 42.2. The van der Waals surface area contributed by atoms with Gasteiger partial charge < -0.3 is 14.2 Å². The van der Waals surface area contributed by atoms with Gasteiger partial charge in [-0.3, -0.25) is 0 Å². The normalized spacial score (nSPS) is 11.2. The van der Waals surface area contributed by atoms with Crippen molar-refractivity contribution in [3.8, 4) is 11.5 Å². The van der Waals surface area contributed by atoms with E-state index in [0.29, 0.717) is 12.4 Å². The van der Waals surface area contributed by atoms with Crippen LogP contribution in [0.5, 0.6) is 11.5 Å². The first kappa shape index (κ1) is 17.5. The topological polar surface area (TPSA) is 73.9 Å². The number of sulfonamides is 1. The second kappa shape index (κ2) is 8.02. The van der Waals surface area contributed by atoms with E-state index in [9.17, 15) is 8.42 Å². The molecule has 7 heteroatoms. The summed E-state index contributed by atoms with van der Waals surface area (Å²) in [5.74, 6) is 0.750. The van der Waals surface area contributed by atoms with Gasteiger partial charge in [-0.15, -0.1) is 0 Å². The van der Waals surface area contributed by atoms with E-state index in [1.807, 2.05) is 6.92 Å². The molecule has 0 saturated heterocycles. The molecule has 0 amide bonds. The molecule has 0 aliphatic heterocycles. The lowest BCUT2D eigenvalue weighted by molar-refractivity contribution is 0.162. The van der Waals surface area contributed by atoms with Crippen molar-refractivity contribution >= 4 is 10.0 Å². The van der Waals surface area contributed by atoms with E-state index in [4.69, 9.17) is 14.2 Å². The van der Waals surface area contributed by atoms with Crippen LogP contribution < -0.4 is 14.2 Å². The van der Waals surface area contributed by atoms with Crippen molar-refractivity contribution in [1.82, 2.24) is 4.72 Å². The van der Waals surface area contributed by atoms with E-state index >= 15 is 0 Å². The number of nitrogens with one attached hydrogen (secondary N) is 1. The van der Waals surface area contributed by atoms with Gasteiger partial charge in [0.1, 0.15) is 16.4 Å². The molecule has 0 spiro atoms. The Bertz CT molecular complexity index is 583. The van der Waals surface area contributed by atoms with Crippen molar-refractivity contribution in [1.29, 1.82) is 0 Å². The van der Waals surface area contributed by atoms with Crippen LogP contribution in [0.1, 0.15) is 6.92 Å². The molecule has 1 aromatic carbocycles. The molecule has 0 unspecified atom stereocenters. The maximum Gasteiger partial charge on any atom is 0.244 e. The van der Waals surface area contributed by atoms with Crippen LogP contribution in [0.4, 0.5) is 0 Å². The number of ether oxygens (including phenoxy) is 3. The number of benzene rings is 1. The van der Waals surface area contributed by atoms with Gasteiger partial charge in [-0.05, 0) is 19.1 Å². The van der Waals surface area contributed by atoms with Gasteiger partial charge in [-0.2, -0.15) is 0 Å². The number of hydrogen-bond acceptors (Lipinski definition) is 5. The van der Waals surface area contributed by atoms with E-state index in [2.05, 4.69) is 11.3 Å². The second-order valence-corrected chi connectivity index (χ2v) is 6.16. The fraction of sp³-hybridized carbons (Fsp3) is 0.429. The molecule has 0 aliphatic rings. The zero-order valence-electron chi connectivity index (χ0n) is 12.5. The van der Waals surface area contributed by atoms with Gasteiger partial charge in [0.15, 0.2) is 0 Å². The van der Waals surface area contributed by atoms with Crippen LogP contribution in [0, 0.1) is 0 Å². The van der Waals surface area contributed by atoms with Crippen molar-refractivity contribution in [3.63, 3.8) is 0 Å². The van der Waals surface area contributed by atoms with Crippen LogP contribution in [0.25, 0.3) is 0 Å². The molecule has 6 nitrogen and oxygen atoms in total. The summed E-state index contributed by atoms with van der Waals surface area (Å²) >= 11 is 0. The van der Waals surface area contributed by atoms with Crippen molar-refractivity contribution in [2.75, 3.05) is 34.0 Å². The largest absolute Gasteiger partial charge is 0.497 e. The average molecular weight is 315 g/mol. The molecular formula is C14H21NO5S. The maximum atomic E-state index is 12.2. The number of hydrogen-bond donors (Lipinski definition) is 1.